The Labute approximate surface area is 120 Å². The lowest BCUT2D eigenvalue weighted by Gasteiger charge is -2.05. The predicted octanol–water partition coefficient (Wildman–Crippen LogP) is 2.98. The molecule has 8 heteroatoms. The van der Waals surface area contributed by atoms with Gasteiger partial charge >= 0.3 is 0 Å². The van der Waals surface area contributed by atoms with Gasteiger partial charge in [-0.3, -0.25) is 9.89 Å². The number of hydrogen-bond donors (Lipinski definition) is 2. The average Bonchev–Trinajstić information content (AvgIpc) is 3.13. The first-order chi connectivity index (χ1) is 9.54. The third-order valence-corrected chi connectivity index (χ3v) is 3.54. The van der Waals surface area contributed by atoms with Crippen LogP contribution in [0.25, 0.3) is 0 Å². The van der Waals surface area contributed by atoms with Crippen LogP contribution >= 0.6 is 15.9 Å². The molecule has 0 aliphatic heterocycles. The number of carbonyl (C=O) groups is 1. The molecule has 0 radical (unpaired) electrons. The lowest BCUT2D eigenvalue weighted by molar-refractivity contribution is 0.101. The van der Waals surface area contributed by atoms with Crippen LogP contribution in [0.2, 0.25) is 0 Å². The number of rotatable bonds is 3. The van der Waals surface area contributed by atoms with Gasteiger partial charge in [0.05, 0.1) is 10.2 Å². The average molecular weight is 343 g/mol. The van der Waals surface area contributed by atoms with Gasteiger partial charge in [0.1, 0.15) is 17.5 Å². The number of amides is 1. The van der Waals surface area contributed by atoms with Crippen LogP contribution < -0.4 is 5.32 Å². The molecule has 0 unspecified atom stereocenters. The van der Waals surface area contributed by atoms with Crippen LogP contribution in [-0.2, 0) is 0 Å². The van der Waals surface area contributed by atoms with Crippen molar-refractivity contribution >= 4 is 27.5 Å². The molecule has 1 heterocycles. The molecule has 1 saturated carbocycles. The number of aromatic amines is 1. The summed E-state index contributed by atoms with van der Waals surface area (Å²) in [6.45, 7) is 0. The maximum atomic E-state index is 13.6. The molecule has 0 saturated heterocycles. The Bertz CT molecular complexity index is 684. The molecule has 1 fully saturated rings. The highest BCUT2D eigenvalue weighted by Gasteiger charge is 2.28. The van der Waals surface area contributed by atoms with Crippen LogP contribution in [0, 0.1) is 11.6 Å². The number of benzene rings is 1. The fourth-order valence-electron chi connectivity index (χ4n) is 1.71. The third-order valence-electron chi connectivity index (χ3n) is 2.93. The quantitative estimate of drug-likeness (QED) is 0.842. The van der Waals surface area contributed by atoms with E-state index in [9.17, 15) is 13.6 Å². The summed E-state index contributed by atoms with van der Waals surface area (Å²) in [6.07, 6.45) is 2.03. The van der Waals surface area contributed by atoms with Gasteiger partial charge in [-0.05, 0) is 34.8 Å². The number of halogens is 3. The number of H-pyrrole nitrogens is 1. The van der Waals surface area contributed by atoms with Crippen molar-refractivity contribution < 1.29 is 13.6 Å². The van der Waals surface area contributed by atoms with Crippen LogP contribution in [-0.4, -0.2) is 21.1 Å². The van der Waals surface area contributed by atoms with Crippen molar-refractivity contribution in [1.82, 2.24) is 15.2 Å². The van der Waals surface area contributed by atoms with E-state index in [1.54, 1.807) is 0 Å². The number of hydrogen-bond acceptors (Lipinski definition) is 3. The van der Waals surface area contributed by atoms with Crippen LogP contribution in [0.15, 0.2) is 16.6 Å². The maximum absolute atomic E-state index is 13.6. The van der Waals surface area contributed by atoms with E-state index >= 15 is 0 Å². The lowest BCUT2D eigenvalue weighted by Crippen LogP contribution is -2.15. The zero-order valence-electron chi connectivity index (χ0n) is 10.1. The SMILES string of the molecule is O=C(Nc1cc(F)c(Br)cc1F)c1n[nH]c(C2CC2)n1. The molecule has 0 atom stereocenters. The molecule has 1 aromatic heterocycles. The number of nitrogens with one attached hydrogen (secondary N) is 2. The summed E-state index contributed by atoms with van der Waals surface area (Å²) < 4.78 is 26.9. The minimum atomic E-state index is -0.746. The molecule has 0 spiro atoms. The fraction of sp³-hybridized carbons (Fsp3) is 0.250. The highest BCUT2D eigenvalue weighted by molar-refractivity contribution is 9.10. The van der Waals surface area contributed by atoms with Gasteiger partial charge in [-0.15, -0.1) is 5.10 Å². The van der Waals surface area contributed by atoms with Crippen molar-refractivity contribution in [3.8, 4) is 0 Å². The van der Waals surface area contributed by atoms with Crippen molar-refractivity contribution in [3.05, 3.63) is 39.9 Å². The molecule has 1 aliphatic rings. The number of carbonyl (C=O) groups excluding carboxylic acids is 1. The Morgan fingerprint density at radius 3 is 2.80 bits per heavy atom. The summed E-state index contributed by atoms with van der Waals surface area (Å²) >= 11 is 2.86. The molecule has 1 aliphatic carbocycles. The van der Waals surface area contributed by atoms with Gasteiger partial charge < -0.3 is 5.32 Å². The molecule has 3 rings (SSSR count). The Kier molecular flexibility index (Phi) is 3.25. The molecule has 1 aromatic carbocycles. The summed E-state index contributed by atoms with van der Waals surface area (Å²) in [6, 6.07) is 1.84. The van der Waals surface area contributed by atoms with Crippen molar-refractivity contribution in [3.63, 3.8) is 0 Å². The van der Waals surface area contributed by atoms with Crippen molar-refractivity contribution in [2.24, 2.45) is 0 Å². The van der Waals surface area contributed by atoms with Gasteiger partial charge in [-0.2, -0.15) is 0 Å². The monoisotopic (exact) mass is 342 g/mol. The second-order valence-corrected chi connectivity index (χ2v) is 5.37. The van der Waals surface area contributed by atoms with Crippen LogP contribution in [0.4, 0.5) is 14.5 Å². The summed E-state index contributed by atoms with van der Waals surface area (Å²) in [5.74, 6) is -1.22. The van der Waals surface area contributed by atoms with Gasteiger partial charge in [-0.1, -0.05) is 0 Å². The van der Waals surface area contributed by atoms with E-state index in [4.69, 9.17) is 0 Å². The van der Waals surface area contributed by atoms with E-state index in [0.717, 1.165) is 25.0 Å². The standard InChI is InChI=1S/C12H9BrF2N4O/c13-6-3-8(15)9(4-7(6)14)16-12(20)11-17-10(18-19-11)5-1-2-5/h3-5H,1-2H2,(H,16,20)(H,17,18,19). The Hall–Kier alpha value is -1.83. The van der Waals surface area contributed by atoms with E-state index in [1.807, 2.05) is 0 Å². The van der Waals surface area contributed by atoms with Gasteiger partial charge in [0.15, 0.2) is 0 Å². The highest BCUT2D eigenvalue weighted by atomic mass is 79.9. The molecular weight excluding hydrogens is 334 g/mol. The van der Waals surface area contributed by atoms with E-state index in [-0.39, 0.29) is 16.0 Å². The van der Waals surface area contributed by atoms with Crippen molar-refractivity contribution in [2.45, 2.75) is 18.8 Å². The minimum Gasteiger partial charge on any atom is -0.317 e. The van der Waals surface area contributed by atoms with Gasteiger partial charge in [0.25, 0.3) is 5.91 Å². The van der Waals surface area contributed by atoms with Crippen molar-refractivity contribution in [1.29, 1.82) is 0 Å². The van der Waals surface area contributed by atoms with Crippen LogP contribution in [0.5, 0.6) is 0 Å². The Morgan fingerprint density at radius 1 is 1.35 bits per heavy atom. The summed E-state index contributed by atoms with van der Waals surface area (Å²) in [4.78, 5) is 15.9. The summed E-state index contributed by atoms with van der Waals surface area (Å²) in [5, 5.41) is 8.69. The number of nitrogens with zero attached hydrogens (tertiary/aromatic N) is 2. The zero-order valence-corrected chi connectivity index (χ0v) is 11.7. The van der Waals surface area contributed by atoms with E-state index in [0.29, 0.717) is 11.7 Å². The molecular formula is C12H9BrF2N4O. The first-order valence-corrected chi connectivity index (χ1v) is 6.72. The second kappa shape index (κ2) is 4.93. The van der Waals surface area contributed by atoms with Crippen molar-refractivity contribution in [2.75, 3.05) is 5.32 Å². The van der Waals surface area contributed by atoms with Crippen LogP contribution in [0.1, 0.15) is 35.2 Å². The number of aromatic nitrogens is 3. The normalized spacial score (nSPS) is 14.3. The van der Waals surface area contributed by atoms with Gasteiger partial charge in [-0.25, -0.2) is 13.8 Å². The second-order valence-electron chi connectivity index (χ2n) is 4.52. The maximum Gasteiger partial charge on any atom is 0.295 e. The Morgan fingerprint density at radius 2 is 2.10 bits per heavy atom. The smallest absolute Gasteiger partial charge is 0.295 e. The molecule has 0 bridgehead atoms. The van der Waals surface area contributed by atoms with Gasteiger partial charge in [0.2, 0.25) is 5.82 Å². The first kappa shape index (κ1) is 13.2. The fourth-order valence-corrected chi connectivity index (χ4v) is 2.03. The third kappa shape index (κ3) is 2.55. The molecule has 1 amide bonds. The predicted molar refractivity (Wildman–Crippen MR) is 70.4 cm³/mol. The lowest BCUT2D eigenvalue weighted by atomic mass is 10.3. The van der Waals surface area contributed by atoms with E-state index in [1.165, 1.54) is 0 Å². The Balaban J connectivity index is 1.79. The van der Waals surface area contributed by atoms with E-state index < -0.39 is 17.5 Å². The molecule has 104 valence electrons. The molecule has 2 aromatic rings. The summed E-state index contributed by atoms with van der Waals surface area (Å²) in [7, 11) is 0. The topological polar surface area (TPSA) is 70.7 Å². The van der Waals surface area contributed by atoms with E-state index in [2.05, 4.69) is 36.4 Å². The molecule has 5 nitrogen and oxygen atoms in total. The molecule has 2 N–H and O–H groups in total. The minimum absolute atomic E-state index is 0.0121. The molecule has 20 heavy (non-hydrogen) atoms. The van der Waals surface area contributed by atoms with Gasteiger partial charge in [0, 0.05) is 12.0 Å². The summed E-state index contributed by atoms with van der Waals surface area (Å²) in [5.41, 5.74) is -0.256. The first-order valence-electron chi connectivity index (χ1n) is 5.93. The largest absolute Gasteiger partial charge is 0.317 e. The van der Waals surface area contributed by atoms with Crippen LogP contribution in [0.3, 0.4) is 0 Å². The number of anilines is 1. The highest BCUT2D eigenvalue weighted by Crippen LogP contribution is 2.37. The zero-order chi connectivity index (χ0) is 14.3.